The second kappa shape index (κ2) is 10.9. The number of likely N-dealkylation sites (tertiary alicyclic amines) is 1. The van der Waals surface area contributed by atoms with Crippen molar-refractivity contribution in [3.8, 4) is 5.75 Å². The van der Waals surface area contributed by atoms with Crippen molar-refractivity contribution in [2.45, 2.75) is 88.9 Å². The third-order valence-corrected chi connectivity index (χ3v) is 8.92. The Bertz CT molecular complexity index is 985. The molecule has 36 heavy (non-hydrogen) atoms. The molecule has 1 aromatic rings. The number of hydrogen-bond acceptors (Lipinski definition) is 6. The summed E-state index contributed by atoms with van der Waals surface area (Å²) in [5, 5.41) is 9.36. The van der Waals surface area contributed by atoms with Crippen LogP contribution in [0.2, 0.25) is 0 Å². The second-order valence-corrected chi connectivity index (χ2v) is 11.0. The largest absolute Gasteiger partial charge is 0.489 e. The molecule has 196 valence electrons. The minimum Gasteiger partial charge on any atom is -0.489 e. The lowest BCUT2D eigenvalue weighted by Crippen LogP contribution is -2.57. The van der Waals surface area contributed by atoms with E-state index < -0.39 is 6.04 Å². The predicted molar refractivity (Wildman–Crippen MR) is 134 cm³/mol. The number of amides is 3. The van der Waals surface area contributed by atoms with E-state index in [2.05, 4.69) is 10.2 Å². The number of nitrogens with zero attached hydrogens (tertiary/aromatic N) is 2. The molecule has 0 bridgehead atoms. The van der Waals surface area contributed by atoms with Crippen LogP contribution in [0.15, 0.2) is 18.2 Å². The molecule has 2 saturated carbocycles. The van der Waals surface area contributed by atoms with Crippen molar-refractivity contribution >= 4 is 17.7 Å². The van der Waals surface area contributed by atoms with Crippen molar-refractivity contribution in [2.75, 3.05) is 20.2 Å². The molecule has 3 atom stereocenters. The fourth-order valence-electron chi connectivity index (χ4n) is 6.98. The van der Waals surface area contributed by atoms with Crippen LogP contribution in [0.25, 0.3) is 0 Å². The topological polar surface area (TPSA) is 99.2 Å². The first-order valence-corrected chi connectivity index (χ1v) is 13.7. The summed E-state index contributed by atoms with van der Waals surface area (Å²) in [6.07, 6.45) is 11.4. The van der Waals surface area contributed by atoms with Gasteiger partial charge in [-0.3, -0.25) is 24.6 Å². The summed E-state index contributed by atoms with van der Waals surface area (Å²) in [5.41, 5.74) is 1.54. The minimum atomic E-state index is -0.579. The molecule has 2 saturated heterocycles. The van der Waals surface area contributed by atoms with Crippen LogP contribution in [0.1, 0.15) is 80.1 Å². The molecular formula is C28H39N3O5. The molecular weight excluding hydrogens is 458 g/mol. The standard InChI is InChI=1S/C27H35N3O4.CH4O/c31-25-12-11-23(26(32)28-25)30-16-18-13-20(9-10-21(18)27(30)33)34-24-8-4-7-22(24)29-14-19(15-29)17-5-2-1-3-6-17;1-2/h9-10,13,17,19,22-24H,1-8,11-12,14-16H2,(H,28,31,32);2H,1H3. The van der Waals surface area contributed by atoms with E-state index in [1.165, 1.54) is 58.0 Å². The number of aliphatic hydroxyl groups is 1. The van der Waals surface area contributed by atoms with Crippen molar-refractivity contribution in [1.29, 1.82) is 0 Å². The summed E-state index contributed by atoms with van der Waals surface area (Å²) in [7, 11) is 1.00. The van der Waals surface area contributed by atoms with Gasteiger partial charge < -0.3 is 14.7 Å². The van der Waals surface area contributed by atoms with Gasteiger partial charge in [0.05, 0.1) is 0 Å². The fourth-order valence-corrected chi connectivity index (χ4v) is 6.98. The number of carbonyl (C=O) groups is 3. The number of hydrogen-bond donors (Lipinski definition) is 2. The van der Waals surface area contributed by atoms with Crippen LogP contribution in [0.3, 0.4) is 0 Å². The third-order valence-electron chi connectivity index (χ3n) is 8.92. The number of piperidine rings is 1. The van der Waals surface area contributed by atoms with E-state index in [0.717, 1.165) is 36.7 Å². The van der Waals surface area contributed by atoms with Crippen molar-refractivity contribution < 1.29 is 24.2 Å². The molecule has 3 unspecified atom stereocenters. The van der Waals surface area contributed by atoms with E-state index in [4.69, 9.17) is 9.84 Å². The Morgan fingerprint density at radius 3 is 2.44 bits per heavy atom. The summed E-state index contributed by atoms with van der Waals surface area (Å²) in [6, 6.07) is 5.64. The number of rotatable bonds is 5. The monoisotopic (exact) mass is 497 g/mol. The van der Waals surface area contributed by atoms with Gasteiger partial charge in [-0.1, -0.05) is 32.1 Å². The summed E-state index contributed by atoms with van der Waals surface area (Å²) < 4.78 is 6.51. The summed E-state index contributed by atoms with van der Waals surface area (Å²) in [5.74, 6) is 1.86. The zero-order valence-electron chi connectivity index (χ0n) is 21.3. The molecule has 2 N–H and O–H groups in total. The van der Waals surface area contributed by atoms with Crippen LogP contribution in [-0.2, 0) is 16.1 Å². The number of aliphatic hydroxyl groups excluding tert-OH is 1. The lowest BCUT2D eigenvalue weighted by atomic mass is 9.76. The Balaban J connectivity index is 0.00000130. The fraction of sp³-hybridized carbons (Fsp3) is 0.679. The summed E-state index contributed by atoms with van der Waals surface area (Å²) in [6.45, 7) is 2.85. The van der Waals surface area contributed by atoms with Crippen LogP contribution in [0, 0.1) is 11.8 Å². The molecule has 0 spiro atoms. The van der Waals surface area contributed by atoms with Gasteiger partial charge in [0.25, 0.3) is 5.91 Å². The second-order valence-electron chi connectivity index (χ2n) is 11.0. The van der Waals surface area contributed by atoms with Gasteiger partial charge >= 0.3 is 0 Å². The van der Waals surface area contributed by atoms with E-state index in [0.29, 0.717) is 24.6 Å². The summed E-state index contributed by atoms with van der Waals surface area (Å²) in [4.78, 5) is 41.0. The molecule has 3 amide bonds. The summed E-state index contributed by atoms with van der Waals surface area (Å²) >= 11 is 0. The highest BCUT2D eigenvalue weighted by molar-refractivity contribution is 6.05. The molecule has 5 aliphatic rings. The van der Waals surface area contributed by atoms with Crippen molar-refractivity contribution in [1.82, 2.24) is 15.1 Å². The lowest BCUT2D eigenvalue weighted by Gasteiger charge is -2.48. The molecule has 0 radical (unpaired) electrons. The Labute approximate surface area is 213 Å². The van der Waals surface area contributed by atoms with Crippen LogP contribution in [0.5, 0.6) is 5.75 Å². The highest BCUT2D eigenvalue weighted by Gasteiger charge is 2.43. The smallest absolute Gasteiger partial charge is 0.255 e. The van der Waals surface area contributed by atoms with Crippen LogP contribution >= 0.6 is 0 Å². The molecule has 3 heterocycles. The maximum absolute atomic E-state index is 12.9. The average Bonchev–Trinajstić information content (AvgIpc) is 3.44. The normalized spacial score (nSPS) is 29.3. The number of benzene rings is 1. The number of carbonyl (C=O) groups excluding carboxylic acids is 3. The molecule has 3 aliphatic heterocycles. The maximum Gasteiger partial charge on any atom is 0.255 e. The SMILES string of the molecule is CO.O=C1CCC(N2Cc3cc(OC4CCCC4N4CC(C5CCCCC5)C4)ccc3C2=O)C(=O)N1. The van der Waals surface area contributed by atoms with E-state index in [-0.39, 0.29) is 30.2 Å². The van der Waals surface area contributed by atoms with Gasteiger partial charge in [0, 0.05) is 44.8 Å². The number of fused-ring (bicyclic) bond motifs is 1. The Morgan fingerprint density at radius 1 is 0.917 bits per heavy atom. The molecule has 8 heteroatoms. The number of imide groups is 1. The minimum absolute atomic E-state index is 0.135. The number of ether oxygens (including phenoxy) is 1. The highest BCUT2D eigenvalue weighted by atomic mass is 16.5. The molecule has 1 aromatic carbocycles. The zero-order valence-corrected chi connectivity index (χ0v) is 21.3. The maximum atomic E-state index is 12.9. The molecule has 6 rings (SSSR count). The van der Waals surface area contributed by atoms with Crippen molar-refractivity contribution in [2.24, 2.45) is 11.8 Å². The average molecular weight is 498 g/mol. The van der Waals surface area contributed by atoms with Gasteiger partial charge in [0.15, 0.2) is 0 Å². The van der Waals surface area contributed by atoms with Crippen molar-refractivity contribution in [3.63, 3.8) is 0 Å². The predicted octanol–water partition coefficient (Wildman–Crippen LogP) is 2.87. The van der Waals surface area contributed by atoms with Gasteiger partial charge in [-0.05, 0) is 61.3 Å². The Hall–Kier alpha value is -2.45. The van der Waals surface area contributed by atoms with Crippen molar-refractivity contribution in [3.05, 3.63) is 29.3 Å². The highest BCUT2D eigenvalue weighted by Crippen LogP contribution is 2.39. The van der Waals surface area contributed by atoms with Gasteiger partial charge in [-0.2, -0.15) is 0 Å². The van der Waals surface area contributed by atoms with Crippen LogP contribution in [0.4, 0.5) is 0 Å². The van der Waals surface area contributed by atoms with E-state index >= 15 is 0 Å². The van der Waals surface area contributed by atoms with E-state index in [1.54, 1.807) is 4.90 Å². The van der Waals surface area contributed by atoms with Crippen LogP contribution in [-0.4, -0.2) is 71.0 Å². The first-order valence-electron chi connectivity index (χ1n) is 13.7. The van der Waals surface area contributed by atoms with E-state index in [1.807, 2.05) is 18.2 Å². The molecule has 8 nitrogen and oxygen atoms in total. The molecule has 4 fully saturated rings. The van der Waals surface area contributed by atoms with Gasteiger partial charge in [0.2, 0.25) is 11.8 Å². The Kier molecular flexibility index (Phi) is 7.62. The van der Waals surface area contributed by atoms with Crippen LogP contribution < -0.4 is 10.1 Å². The first kappa shape index (κ1) is 25.2. The number of nitrogens with one attached hydrogen (secondary N) is 1. The third kappa shape index (κ3) is 4.90. The van der Waals surface area contributed by atoms with E-state index in [9.17, 15) is 14.4 Å². The molecule has 2 aliphatic carbocycles. The zero-order chi connectivity index (χ0) is 25.2. The van der Waals surface area contributed by atoms with Gasteiger partial charge in [-0.25, -0.2) is 0 Å². The molecule has 0 aromatic heterocycles. The van der Waals surface area contributed by atoms with Gasteiger partial charge in [0.1, 0.15) is 17.9 Å². The Morgan fingerprint density at radius 2 is 1.69 bits per heavy atom. The van der Waals surface area contributed by atoms with Gasteiger partial charge in [-0.15, -0.1) is 0 Å². The first-order chi connectivity index (χ1) is 17.6. The lowest BCUT2D eigenvalue weighted by molar-refractivity contribution is -0.136. The quantitative estimate of drug-likeness (QED) is 0.607.